The van der Waals surface area contributed by atoms with Gasteiger partial charge in [0.2, 0.25) is 0 Å². The number of hydrogen-bond donors (Lipinski definition) is 3. The maximum absolute atomic E-state index is 9.59. The van der Waals surface area contributed by atoms with Crippen LogP contribution in [0.5, 0.6) is 0 Å². The maximum atomic E-state index is 9.59. The van der Waals surface area contributed by atoms with Gasteiger partial charge in [0.05, 0.1) is 38.1 Å². The van der Waals surface area contributed by atoms with E-state index >= 15 is 0 Å². The predicted octanol–water partition coefficient (Wildman–Crippen LogP) is 0.540. The molecule has 0 spiro atoms. The third-order valence-electron chi connectivity index (χ3n) is 2.49. The molecule has 0 aliphatic heterocycles. The van der Waals surface area contributed by atoms with Crippen LogP contribution in [0.15, 0.2) is 0 Å². The Hall–Kier alpha value is -0.200. The minimum absolute atomic E-state index is 0.213. The zero-order valence-electron chi connectivity index (χ0n) is 11.9. The minimum atomic E-state index is -0.511. The summed E-state index contributed by atoms with van der Waals surface area (Å²) in [4.78, 5) is 0. The van der Waals surface area contributed by atoms with Crippen LogP contribution in [-0.4, -0.2) is 61.4 Å². The molecule has 3 N–H and O–H groups in total. The average Bonchev–Trinajstić information content (AvgIpc) is 2.33. The zero-order valence-corrected chi connectivity index (χ0v) is 11.9. The number of aliphatic hydroxyl groups is 2. The van der Waals surface area contributed by atoms with Crippen LogP contribution >= 0.6 is 0 Å². The van der Waals surface area contributed by atoms with Crippen LogP contribution in [-0.2, 0) is 9.47 Å². The van der Waals surface area contributed by atoms with E-state index in [-0.39, 0.29) is 12.2 Å². The third-order valence-corrected chi connectivity index (χ3v) is 2.49. The Kier molecular flexibility index (Phi) is 11.7. The van der Waals surface area contributed by atoms with Gasteiger partial charge in [0.15, 0.2) is 0 Å². The highest BCUT2D eigenvalue weighted by molar-refractivity contribution is 4.60. The maximum Gasteiger partial charge on any atom is 0.0897 e. The highest BCUT2D eigenvalue weighted by Gasteiger charge is 2.05. The van der Waals surface area contributed by atoms with Crippen LogP contribution in [0.1, 0.15) is 33.6 Å². The molecule has 0 aliphatic rings. The molecule has 0 fully saturated rings. The Labute approximate surface area is 110 Å². The van der Waals surface area contributed by atoms with Crippen molar-refractivity contribution in [3.63, 3.8) is 0 Å². The summed E-state index contributed by atoms with van der Waals surface area (Å²) >= 11 is 0. The molecule has 0 radical (unpaired) electrons. The molecule has 0 heterocycles. The van der Waals surface area contributed by atoms with Crippen LogP contribution in [0.2, 0.25) is 0 Å². The van der Waals surface area contributed by atoms with Gasteiger partial charge < -0.3 is 25.0 Å². The number of hydrogen-bond acceptors (Lipinski definition) is 5. The highest BCUT2D eigenvalue weighted by Crippen LogP contribution is 1.94. The Morgan fingerprint density at radius 1 is 1.11 bits per heavy atom. The van der Waals surface area contributed by atoms with E-state index in [4.69, 9.17) is 9.47 Å². The topological polar surface area (TPSA) is 71.0 Å². The molecule has 0 rings (SSSR count). The molecule has 0 amide bonds. The molecule has 0 saturated carbocycles. The average molecular weight is 263 g/mol. The molecular formula is C13H29NO4. The summed E-state index contributed by atoms with van der Waals surface area (Å²) in [6, 6.07) is 0. The smallest absolute Gasteiger partial charge is 0.0897 e. The number of ether oxygens (including phenoxy) is 2. The Morgan fingerprint density at radius 3 is 2.44 bits per heavy atom. The van der Waals surface area contributed by atoms with Gasteiger partial charge in [0.25, 0.3) is 0 Å². The minimum Gasteiger partial charge on any atom is -0.393 e. The molecular weight excluding hydrogens is 234 g/mol. The van der Waals surface area contributed by atoms with E-state index in [1.54, 1.807) is 0 Å². The van der Waals surface area contributed by atoms with Gasteiger partial charge in [-0.05, 0) is 33.2 Å². The van der Waals surface area contributed by atoms with E-state index in [0.717, 1.165) is 6.42 Å². The van der Waals surface area contributed by atoms with Crippen molar-refractivity contribution >= 4 is 0 Å². The molecule has 0 bridgehead atoms. The first-order chi connectivity index (χ1) is 8.56. The predicted molar refractivity (Wildman–Crippen MR) is 71.7 cm³/mol. The Balaban J connectivity index is 3.24. The highest BCUT2D eigenvalue weighted by atomic mass is 16.5. The van der Waals surface area contributed by atoms with E-state index in [1.165, 1.54) is 0 Å². The zero-order chi connectivity index (χ0) is 13.8. The van der Waals surface area contributed by atoms with Gasteiger partial charge in [-0.1, -0.05) is 6.92 Å². The van der Waals surface area contributed by atoms with Crippen molar-refractivity contribution < 1.29 is 19.7 Å². The van der Waals surface area contributed by atoms with Crippen LogP contribution in [0.25, 0.3) is 0 Å². The molecule has 2 atom stereocenters. The van der Waals surface area contributed by atoms with Gasteiger partial charge >= 0.3 is 0 Å². The summed E-state index contributed by atoms with van der Waals surface area (Å²) in [5, 5.41) is 22.0. The monoisotopic (exact) mass is 263 g/mol. The second-order valence-corrected chi connectivity index (χ2v) is 4.70. The van der Waals surface area contributed by atoms with Crippen molar-refractivity contribution in [2.75, 3.05) is 32.9 Å². The fraction of sp³-hybridized carbons (Fsp3) is 1.00. The normalized spacial score (nSPS) is 15.0. The Morgan fingerprint density at radius 2 is 1.83 bits per heavy atom. The van der Waals surface area contributed by atoms with Crippen molar-refractivity contribution in [3.8, 4) is 0 Å². The van der Waals surface area contributed by atoms with Gasteiger partial charge in [0, 0.05) is 6.54 Å². The lowest BCUT2D eigenvalue weighted by Crippen LogP contribution is -2.32. The van der Waals surface area contributed by atoms with E-state index < -0.39 is 6.10 Å². The van der Waals surface area contributed by atoms with Crippen LogP contribution in [0, 0.1) is 0 Å². The standard InChI is InChI=1S/C13H29NO4/c1-4-12(15)5-6-14-9-13(16)10-17-7-8-18-11(2)3/h11-16H,4-10H2,1-3H3. The summed E-state index contributed by atoms with van der Waals surface area (Å²) < 4.78 is 10.6. The second kappa shape index (κ2) is 11.9. The number of rotatable bonds is 12. The van der Waals surface area contributed by atoms with E-state index in [2.05, 4.69) is 5.32 Å². The molecule has 0 saturated heterocycles. The number of nitrogens with one attached hydrogen (secondary N) is 1. The second-order valence-electron chi connectivity index (χ2n) is 4.70. The van der Waals surface area contributed by atoms with Gasteiger partial charge in [-0.3, -0.25) is 0 Å². The van der Waals surface area contributed by atoms with Crippen LogP contribution in [0.3, 0.4) is 0 Å². The van der Waals surface area contributed by atoms with Gasteiger partial charge in [-0.15, -0.1) is 0 Å². The van der Waals surface area contributed by atoms with Crippen LogP contribution < -0.4 is 5.32 Å². The molecule has 0 aromatic heterocycles. The SMILES string of the molecule is CCC(O)CCNCC(O)COCCOC(C)C. The van der Waals surface area contributed by atoms with Crippen molar-refractivity contribution in [1.82, 2.24) is 5.32 Å². The quantitative estimate of drug-likeness (QED) is 0.448. The van der Waals surface area contributed by atoms with Gasteiger partial charge in [-0.2, -0.15) is 0 Å². The summed E-state index contributed by atoms with van der Waals surface area (Å²) in [6.07, 6.45) is 0.933. The molecule has 5 heteroatoms. The van der Waals surface area contributed by atoms with Gasteiger partial charge in [0.1, 0.15) is 0 Å². The fourth-order valence-electron chi connectivity index (χ4n) is 1.36. The summed E-state index contributed by atoms with van der Waals surface area (Å²) in [5.74, 6) is 0. The summed E-state index contributed by atoms with van der Waals surface area (Å²) in [5.41, 5.74) is 0. The lowest BCUT2D eigenvalue weighted by molar-refractivity contribution is -0.0101. The van der Waals surface area contributed by atoms with Crippen molar-refractivity contribution in [2.45, 2.75) is 51.9 Å². The van der Waals surface area contributed by atoms with E-state index in [0.29, 0.717) is 39.3 Å². The van der Waals surface area contributed by atoms with Crippen molar-refractivity contribution in [1.29, 1.82) is 0 Å². The largest absolute Gasteiger partial charge is 0.393 e. The van der Waals surface area contributed by atoms with Crippen LogP contribution in [0.4, 0.5) is 0 Å². The lowest BCUT2D eigenvalue weighted by Gasteiger charge is -2.14. The van der Waals surface area contributed by atoms with E-state index in [9.17, 15) is 10.2 Å². The summed E-state index contributed by atoms with van der Waals surface area (Å²) in [6.45, 7) is 8.47. The fourth-order valence-corrected chi connectivity index (χ4v) is 1.36. The molecule has 5 nitrogen and oxygen atoms in total. The molecule has 2 unspecified atom stereocenters. The molecule has 0 aromatic rings. The molecule has 0 aliphatic carbocycles. The first kappa shape index (κ1) is 17.8. The third kappa shape index (κ3) is 12.3. The lowest BCUT2D eigenvalue weighted by atomic mass is 10.2. The number of aliphatic hydroxyl groups excluding tert-OH is 2. The van der Waals surface area contributed by atoms with Gasteiger partial charge in [-0.25, -0.2) is 0 Å². The molecule has 0 aromatic carbocycles. The first-order valence-corrected chi connectivity index (χ1v) is 6.82. The van der Waals surface area contributed by atoms with Crippen molar-refractivity contribution in [2.24, 2.45) is 0 Å². The first-order valence-electron chi connectivity index (χ1n) is 6.82. The van der Waals surface area contributed by atoms with Crippen molar-refractivity contribution in [3.05, 3.63) is 0 Å². The summed E-state index contributed by atoms with van der Waals surface area (Å²) in [7, 11) is 0. The molecule has 18 heavy (non-hydrogen) atoms. The Bertz CT molecular complexity index is 178. The van der Waals surface area contributed by atoms with E-state index in [1.807, 2.05) is 20.8 Å². The molecule has 110 valence electrons.